The summed E-state index contributed by atoms with van der Waals surface area (Å²) in [5.74, 6) is -1.02. The molecule has 1 fully saturated rings. The zero-order chi connectivity index (χ0) is 14.8. The lowest BCUT2D eigenvalue weighted by molar-refractivity contribution is -0.120. The van der Waals surface area contributed by atoms with Crippen LogP contribution in [0.2, 0.25) is 0 Å². The van der Waals surface area contributed by atoms with E-state index in [2.05, 4.69) is 9.97 Å². The van der Waals surface area contributed by atoms with Gasteiger partial charge in [-0.3, -0.25) is 14.5 Å². The standard InChI is InChI=1S/C13H11FN4O3/c14-10-5-15-13(16-6-10)18-3-2-17(7-11(18)19)12(20)9-1-4-21-8-9/h1,4-6,8H,2-3,7H2. The van der Waals surface area contributed by atoms with Crippen molar-refractivity contribution < 1.29 is 18.4 Å². The quantitative estimate of drug-likeness (QED) is 0.813. The summed E-state index contributed by atoms with van der Waals surface area (Å²) in [4.78, 5) is 34.5. The van der Waals surface area contributed by atoms with Crippen LogP contribution >= 0.6 is 0 Å². The van der Waals surface area contributed by atoms with E-state index in [1.54, 1.807) is 6.07 Å². The highest BCUT2D eigenvalue weighted by atomic mass is 19.1. The maximum Gasteiger partial charge on any atom is 0.257 e. The van der Waals surface area contributed by atoms with Gasteiger partial charge in [-0.1, -0.05) is 0 Å². The van der Waals surface area contributed by atoms with Gasteiger partial charge in [0, 0.05) is 13.1 Å². The number of anilines is 1. The Bertz CT molecular complexity index is 657. The van der Waals surface area contributed by atoms with Crippen molar-refractivity contribution in [1.29, 1.82) is 0 Å². The van der Waals surface area contributed by atoms with E-state index in [1.807, 2.05) is 0 Å². The van der Waals surface area contributed by atoms with Crippen molar-refractivity contribution in [2.24, 2.45) is 0 Å². The van der Waals surface area contributed by atoms with E-state index >= 15 is 0 Å². The van der Waals surface area contributed by atoms with Crippen LogP contribution < -0.4 is 4.90 Å². The van der Waals surface area contributed by atoms with Gasteiger partial charge < -0.3 is 9.32 Å². The molecular weight excluding hydrogens is 279 g/mol. The highest BCUT2D eigenvalue weighted by molar-refractivity contribution is 6.00. The highest BCUT2D eigenvalue weighted by Crippen LogP contribution is 2.14. The molecule has 8 heteroatoms. The molecule has 7 nitrogen and oxygen atoms in total. The van der Waals surface area contributed by atoms with Crippen LogP contribution in [0.15, 0.2) is 35.4 Å². The molecule has 0 N–H and O–H groups in total. The summed E-state index contributed by atoms with van der Waals surface area (Å²) in [5, 5.41) is 0. The number of rotatable bonds is 2. The number of carbonyl (C=O) groups is 2. The molecule has 3 rings (SSSR count). The number of furan rings is 1. The largest absolute Gasteiger partial charge is 0.472 e. The molecule has 1 aliphatic rings. The van der Waals surface area contributed by atoms with Crippen LogP contribution in [0.1, 0.15) is 10.4 Å². The fraction of sp³-hybridized carbons (Fsp3) is 0.231. The lowest BCUT2D eigenvalue weighted by Gasteiger charge is -2.32. The average Bonchev–Trinajstić information content (AvgIpc) is 3.02. The number of hydrogen-bond acceptors (Lipinski definition) is 5. The first-order chi connectivity index (χ1) is 10.1. The van der Waals surface area contributed by atoms with Crippen LogP contribution in [0.3, 0.4) is 0 Å². The molecule has 108 valence electrons. The summed E-state index contributed by atoms with van der Waals surface area (Å²) in [7, 11) is 0. The van der Waals surface area contributed by atoms with Gasteiger partial charge in [-0.2, -0.15) is 0 Å². The molecule has 0 aromatic carbocycles. The number of hydrogen-bond donors (Lipinski definition) is 0. The van der Waals surface area contributed by atoms with Gasteiger partial charge in [-0.15, -0.1) is 0 Å². The topological polar surface area (TPSA) is 79.5 Å². The normalized spacial score (nSPS) is 15.4. The van der Waals surface area contributed by atoms with Crippen LogP contribution in [0, 0.1) is 5.82 Å². The van der Waals surface area contributed by atoms with Crippen molar-refractivity contribution in [3.8, 4) is 0 Å². The van der Waals surface area contributed by atoms with E-state index < -0.39 is 5.82 Å². The van der Waals surface area contributed by atoms with E-state index in [4.69, 9.17) is 4.42 Å². The van der Waals surface area contributed by atoms with Crippen molar-refractivity contribution in [2.45, 2.75) is 0 Å². The van der Waals surface area contributed by atoms with E-state index in [-0.39, 0.29) is 30.9 Å². The van der Waals surface area contributed by atoms with Crippen molar-refractivity contribution in [3.63, 3.8) is 0 Å². The predicted molar refractivity (Wildman–Crippen MR) is 69.0 cm³/mol. The van der Waals surface area contributed by atoms with E-state index in [9.17, 15) is 14.0 Å². The minimum atomic E-state index is -0.569. The molecule has 2 amide bonds. The lowest BCUT2D eigenvalue weighted by atomic mass is 10.2. The SMILES string of the molecule is O=C(c1ccoc1)N1CCN(c2ncc(F)cn2)C(=O)C1. The van der Waals surface area contributed by atoms with Crippen molar-refractivity contribution >= 4 is 17.8 Å². The first kappa shape index (κ1) is 13.2. The van der Waals surface area contributed by atoms with Crippen LogP contribution in [0.25, 0.3) is 0 Å². The molecule has 0 spiro atoms. The van der Waals surface area contributed by atoms with E-state index in [0.717, 1.165) is 12.4 Å². The third kappa shape index (κ3) is 2.60. The summed E-state index contributed by atoms with van der Waals surface area (Å²) in [6.07, 6.45) is 4.73. The molecule has 2 aromatic heterocycles. The molecule has 21 heavy (non-hydrogen) atoms. The molecule has 0 bridgehead atoms. The number of nitrogens with zero attached hydrogens (tertiary/aromatic N) is 4. The van der Waals surface area contributed by atoms with Gasteiger partial charge in [-0.05, 0) is 6.07 Å². The number of halogens is 1. The summed E-state index contributed by atoms with van der Waals surface area (Å²) >= 11 is 0. The van der Waals surface area contributed by atoms with E-state index in [0.29, 0.717) is 12.1 Å². The van der Waals surface area contributed by atoms with Gasteiger partial charge in [-0.25, -0.2) is 14.4 Å². The molecule has 0 atom stereocenters. The fourth-order valence-corrected chi connectivity index (χ4v) is 2.07. The maximum absolute atomic E-state index is 12.8. The number of aromatic nitrogens is 2. The van der Waals surface area contributed by atoms with Gasteiger partial charge in [0.05, 0.1) is 24.2 Å². The number of piperazine rings is 1. The summed E-state index contributed by atoms with van der Waals surface area (Å²) in [6.45, 7) is 0.523. The first-order valence-corrected chi connectivity index (χ1v) is 6.24. The molecule has 0 aliphatic carbocycles. The van der Waals surface area contributed by atoms with Crippen molar-refractivity contribution in [3.05, 3.63) is 42.4 Å². The Hall–Kier alpha value is -2.77. The Labute approximate surface area is 119 Å². The van der Waals surface area contributed by atoms with Crippen LogP contribution in [-0.4, -0.2) is 46.3 Å². The Morgan fingerprint density at radius 3 is 2.67 bits per heavy atom. The Morgan fingerprint density at radius 1 is 1.29 bits per heavy atom. The molecule has 3 heterocycles. The smallest absolute Gasteiger partial charge is 0.257 e. The first-order valence-electron chi connectivity index (χ1n) is 6.24. The predicted octanol–water partition coefficient (Wildman–Crippen LogP) is 0.698. The minimum absolute atomic E-state index is 0.0786. The monoisotopic (exact) mass is 290 g/mol. The van der Waals surface area contributed by atoms with Crippen molar-refractivity contribution in [2.75, 3.05) is 24.5 Å². The molecule has 0 saturated carbocycles. The van der Waals surface area contributed by atoms with Gasteiger partial charge >= 0.3 is 0 Å². The molecule has 1 saturated heterocycles. The molecule has 0 unspecified atom stereocenters. The summed E-state index contributed by atoms with van der Waals surface area (Å²) < 4.78 is 17.6. The number of amides is 2. The third-order valence-electron chi connectivity index (χ3n) is 3.12. The van der Waals surface area contributed by atoms with Crippen LogP contribution in [0.5, 0.6) is 0 Å². The zero-order valence-corrected chi connectivity index (χ0v) is 10.9. The fourth-order valence-electron chi connectivity index (χ4n) is 2.07. The second kappa shape index (κ2) is 5.31. The highest BCUT2D eigenvalue weighted by Gasteiger charge is 2.30. The molecular formula is C13H11FN4O3. The zero-order valence-electron chi connectivity index (χ0n) is 10.9. The second-order valence-electron chi connectivity index (χ2n) is 4.49. The van der Waals surface area contributed by atoms with Gasteiger partial charge in [0.25, 0.3) is 5.91 Å². The van der Waals surface area contributed by atoms with Gasteiger partial charge in [0.2, 0.25) is 11.9 Å². The second-order valence-corrected chi connectivity index (χ2v) is 4.49. The molecule has 1 aliphatic heterocycles. The third-order valence-corrected chi connectivity index (χ3v) is 3.12. The lowest BCUT2D eigenvalue weighted by Crippen LogP contribution is -2.52. The number of carbonyl (C=O) groups excluding carboxylic acids is 2. The summed E-state index contributed by atoms with van der Waals surface area (Å²) in [6, 6.07) is 1.54. The Balaban J connectivity index is 1.71. The van der Waals surface area contributed by atoms with Gasteiger partial charge in [0.1, 0.15) is 12.8 Å². The van der Waals surface area contributed by atoms with E-state index in [1.165, 1.54) is 22.3 Å². The van der Waals surface area contributed by atoms with Crippen molar-refractivity contribution in [1.82, 2.24) is 14.9 Å². The molecule has 0 radical (unpaired) electrons. The van der Waals surface area contributed by atoms with Crippen LogP contribution in [0.4, 0.5) is 10.3 Å². The summed E-state index contributed by atoms with van der Waals surface area (Å²) in [5.41, 5.74) is 0.397. The minimum Gasteiger partial charge on any atom is -0.472 e. The Morgan fingerprint density at radius 2 is 2.05 bits per heavy atom. The van der Waals surface area contributed by atoms with Crippen LogP contribution in [-0.2, 0) is 4.79 Å². The Kier molecular flexibility index (Phi) is 3.35. The average molecular weight is 290 g/mol. The van der Waals surface area contributed by atoms with Gasteiger partial charge in [0.15, 0.2) is 5.82 Å². The maximum atomic E-state index is 12.8. The molecule has 2 aromatic rings.